The van der Waals surface area contributed by atoms with E-state index in [1.54, 1.807) is 28.4 Å². The van der Waals surface area contributed by atoms with Crippen LogP contribution in [-0.2, 0) is 7.05 Å². The number of rotatable bonds is 4. The zero-order valence-corrected chi connectivity index (χ0v) is 17.0. The third-order valence-electron chi connectivity index (χ3n) is 5.07. The molecule has 6 nitrogen and oxygen atoms in total. The second-order valence-corrected chi connectivity index (χ2v) is 8.52. The van der Waals surface area contributed by atoms with Crippen LogP contribution in [0.1, 0.15) is 23.2 Å². The molecule has 4 rings (SSSR count). The van der Waals surface area contributed by atoms with E-state index < -0.39 is 0 Å². The van der Waals surface area contributed by atoms with Gasteiger partial charge in [0.05, 0.1) is 21.5 Å². The number of benzene rings is 1. The van der Waals surface area contributed by atoms with E-state index in [-0.39, 0.29) is 5.91 Å². The molecule has 2 aromatic heterocycles. The Morgan fingerprint density at radius 2 is 2.15 bits per heavy atom. The summed E-state index contributed by atoms with van der Waals surface area (Å²) < 4.78 is 2.78. The van der Waals surface area contributed by atoms with Gasteiger partial charge in [-0.15, -0.1) is 0 Å². The molecule has 3 heterocycles. The van der Waals surface area contributed by atoms with E-state index in [4.69, 9.17) is 16.6 Å². The van der Waals surface area contributed by atoms with Crippen LogP contribution in [0.4, 0.5) is 5.13 Å². The van der Waals surface area contributed by atoms with Crippen LogP contribution in [0.2, 0.25) is 5.02 Å². The number of amides is 1. The molecule has 0 spiro atoms. The number of thiazole rings is 1. The SMILES string of the molecule is CN(CC1CCN(c2nc3c(Cl)cccc3s2)CC1)C(=O)c1cnn(C)c1. The first-order valence-corrected chi connectivity index (χ1v) is 10.2. The van der Waals surface area contributed by atoms with Crippen LogP contribution in [-0.4, -0.2) is 52.3 Å². The fraction of sp³-hybridized carbons (Fsp3) is 0.421. The summed E-state index contributed by atoms with van der Waals surface area (Å²) in [5.74, 6) is 0.538. The van der Waals surface area contributed by atoms with Gasteiger partial charge in [0.2, 0.25) is 0 Å². The molecule has 0 aliphatic carbocycles. The van der Waals surface area contributed by atoms with E-state index in [1.165, 1.54) is 0 Å². The highest BCUT2D eigenvalue weighted by Crippen LogP contribution is 2.34. The fourth-order valence-corrected chi connectivity index (χ4v) is 4.88. The number of halogens is 1. The van der Waals surface area contributed by atoms with Crippen LogP contribution in [0.5, 0.6) is 0 Å². The van der Waals surface area contributed by atoms with Crippen LogP contribution in [0, 0.1) is 5.92 Å². The topological polar surface area (TPSA) is 54.3 Å². The van der Waals surface area contributed by atoms with Crippen molar-refractivity contribution in [3.05, 3.63) is 41.2 Å². The predicted octanol–water partition coefficient (Wildman–Crippen LogP) is 3.67. The number of aryl methyl sites for hydroxylation is 1. The standard InChI is InChI=1S/C19H22ClN5OS/c1-23(18(26)14-10-21-24(2)12-14)11-13-6-8-25(9-7-13)19-22-17-15(20)4-3-5-16(17)27-19/h3-5,10,12-13H,6-9,11H2,1-2H3. The maximum absolute atomic E-state index is 12.5. The number of fused-ring (bicyclic) bond motifs is 1. The molecule has 1 aromatic carbocycles. The van der Waals surface area contributed by atoms with Crippen LogP contribution >= 0.6 is 22.9 Å². The quantitative estimate of drug-likeness (QED) is 0.666. The molecule has 1 saturated heterocycles. The number of hydrogen-bond acceptors (Lipinski definition) is 5. The number of anilines is 1. The Bertz CT molecular complexity index is 960. The van der Waals surface area contributed by atoms with Crippen LogP contribution in [0.25, 0.3) is 10.2 Å². The molecule has 1 fully saturated rings. The highest BCUT2D eigenvalue weighted by atomic mass is 35.5. The summed E-state index contributed by atoms with van der Waals surface area (Å²) in [7, 11) is 3.69. The van der Waals surface area contributed by atoms with Crippen molar-refractivity contribution >= 4 is 44.2 Å². The van der Waals surface area contributed by atoms with Crippen molar-refractivity contribution < 1.29 is 4.79 Å². The minimum absolute atomic E-state index is 0.0337. The number of carbonyl (C=O) groups is 1. The van der Waals surface area contributed by atoms with E-state index >= 15 is 0 Å². The number of carbonyl (C=O) groups excluding carboxylic acids is 1. The third-order valence-corrected chi connectivity index (χ3v) is 6.46. The van der Waals surface area contributed by atoms with Crippen molar-refractivity contribution in [1.82, 2.24) is 19.7 Å². The van der Waals surface area contributed by atoms with Gasteiger partial charge in [0.15, 0.2) is 5.13 Å². The molecule has 1 amide bonds. The number of hydrogen-bond donors (Lipinski definition) is 0. The smallest absolute Gasteiger partial charge is 0.256 e. The molecule has 0 bridgehead atoms. The van der Waals surface area contributed by atoms with E-state index in [2.05, 4.69) is 16.1 Å². The van der Waals surface area contributed by atoms with Gasteiger partial charge in [0.1, 0.15) is 5.52 Å². The van der Waals surface area contributed by atoms with Gasteiger partial charge in [-0.1, -0.05) is 29.0 Å². The first-order chi connectivity index (χ1) is 13.0. The highest BCUT2D eigenvalue weighted by molar-refractivity contribution is 7.22. The maximum Gasteiger partial charge on any atom is 0.256 e. The highest BCUT2D eigenvalue weighted by Gasteiger charge is 2.24. The summed E-state index contributed by atoms with van der Waals surface area (Å²) >= 11 is 7.95. The lowest BCUT2D eigenvalue weighted by Crippen LogP contribution is -2.39. The van der Waals surface area contributed by atoms with Gasteiger partial charge in [0.25, 0.3) is 5.91 Å². The molecule has 27 heavy (non-hydrogen) atoms. The van der Waals surface area contributed by atoms with Gasteiger partial charge in [-0.25, -0.2) is 4.98 Å². The van der Waals surface area contributed by atoms with E-state index in [0.29, 0.717) is 16.5 Å². The number of nitrogens with zero attached hydrogens (tertiary/aromatic N) is 5. The summed E-state index contributed by atoms with van der Waals surface area (Å²) in [6.45, 7) is 2.68. The first-order valence-electron chi connectivity index (χ1n) is 9.05. The van der Waals surface area contributed by atoms with Crippen molar-refractivity contribution in [2.45, 2.75) is 12.8 Å². The molecular formula is C19H22ClN5OS. The minimum Gasteiger partial charge on any atom is -0.348 e. The maximum atomic E-state index is 12.5. The van der Waals surface area contributed by atoms with Gasteiger partial charge in [0, 0.05) is 39.9 Å². The van der Waals surface area contributed by atoms with Gasteiger partial charge >= 0.3 is 0 Å². The van der Waals surface area contributed by atoms with Gasteiger partial charge < -0.3 is 9.80 Å². The first kappa shape index (κ1) is 18.3. The average Bonchev–Trinajstić information content (AvgIpc) is 3.29. The predicted molar refractivity (Wildman–Crippen MR) is 110 cm³/mol. The Morgan fingerprint density at radius 3 is 2.81 bits per heavy atom. The number of aromatic nitrogens is 3. The Morgan fingerprint density at radius 1 is 1.37 bits per heavy atom. The summed E-state index contributed by atoms with van der Waals surface area (Å²) in [6.07, 6.45) is 5.49. The van der Waals surface area contributed by atoms with Crippen molar-refractivity contribution in [3.8, 4) is 0 Å². The van der Waals surface area contributed by atoms with E-state index in [9.17, 15) is 4.79 Å². The van der Waals surface area contributed by atoms with Crippen molar-refractivity contribution in [2.24, 2.45) is 13.0 Å². The lowest BCUT2D eigenvalue weighted by atomic mass is 9.96. The molecule has 1 aliphatic heterocycles. The van der Waals surface area contributed by atoms with Crippen LogP contribution in [0.15, 0.2) is 30.6 Å². The largest absolute Gasteiger partial charge is 0.348 e. The van der Waals surface area contributed by atoms with Crippen LogP contribution in [0.3, 0.4) is 0 Å². The average molecular weight is 404 g/mol. The molecular weight excluding hydrogens is 382 g/mol. The Kier molecular flexibility index (Phi) is 5.06. The Balaban J connectivity index is 1.35. The second-order valence-electron chi connectivity index (χ2n) is 7.10. The zero-order chi connectivity index (χ0) is 19.0. The minimum atomic E-state index is 0.0337. The normalized spacial score (nSPS) is 15.4. The Labute approximate surface area is 167 Å². The monoisotopic (exact) mass is 403 g/mol. The molecule has 0 atom stereocenters. The number of piperidine rings is 1. The van der Waals surface area contributed by atoms with Gasteiger partial charge in [-0.05, 0) is 30.9 Å². The molecule has 8 heteroatoms. The fourth-order valence-electron chi connectivity index (χ4n) is 3.57. The van der Waals surface area contributed by atoms with Crippen molar-refractivity contribution in [1.29, 1.82) is 0 Å². The summed E-state index contributed by atoms with van der Waals surface area (Å²) in [6, 6.07) is 5.91. The lowest BCUT2D eigenvalue weighted by Gasteiger charge is -2.33. The molecule has 0 radical (unpaired) electrons. The molecule has 1 aliphatic rings. The van der Waals surface area contributed by atoms with Crippen molar-refractivity contribution in [2.75, 3.05) is 31.6 Å². The van der Waals surface area contributed by atoms with E-state index in [1.807, 2.05) is 31.1 Å². The molecule has 3 aromatic rings. The third kappa shape index (κ3) is 3.80. The summed E-state index contributed by atoms with van der Waals surface area (Å²) in [5, 5.41) is 5.83. The molecule has 0 unspecified atom stereocenters. The lowest BCUT2D eigenvalue weighted by molar-refractivity contribution is 0.0765. The van der Waals surface area contributed by atoms with Gasteiger partial charge in [-0.3, -0.25) is 9.48 Å². The van der Waals surface area contributed by atoms with Crippen LogP contribution < -0.4 is 4.90 Å². The second kappa shape index (κ2) is 7.48. The number of para-hydroxylation sites is 1. The summed E-state index contributed by atoms with van der Waals surface area (Å²) in [5.41, 5.74) is 1.53. The summed E-state index contributed by atoms with van der Waals surface area (Å²) in [4.78, 5) is 21.4. The van der Waals surface area contributed by atoms with Crippen molar-refractivity contribution in [3.63, 3.8) is 0 Å². The molecule has 0 N–H and O–H groups in total. The Hall–Kier alpha value is -2.12. The van der Waals surface area contributed by atoms with E-state index in [0.717, 1.165) is 47.8 Å². The zero-order valence-electron chi connectivity index (χ0n) is 15.4. The molecule has 142 valence electrons. The van der Waals surface area contributed by atoms with Gasteiger partial charge in [-0.2, -0.15) is 5.10 Å². The molecule has 0 saturated carbocycles.